The third-order valence-electron chi connectivity index (χ3n) is 4.34. The highest BCUT2D eigenvalue weighted by Gasteiger charge is 2.22. The number of anilines is 1. The third kappa shape index (κ3) is 2.32. The molecule has 5 heteroatoms. The molecule has 2 atom stereocenters. The monoisotopic (exact) mass is 274 g/mol. The van der Waals surface area contributed by atoms with Gasteiger partial charge in [0.05, 0.1) is 7.11 Å². The van der Waals surface area contributed by atoms with Gasteiger partial charge in [-0.05, 0) is 31.2 Å². The largest absolute Gasteiger partial charge is 0.481 e. The number of rotatable bonds is 2. The van der Waals surface area contributed by atoms with Gasteiger partial charge in [-0.15, -0.1) is 0 Å². The smallest absolute Gasteiger partial charge is 0.215 e. The average Bonchev–Trinajstić information content (AvgIpc) is 2.61. The van der Waals surface area contributed by atoms with Crippen molar-refractivity contribution in [2.24, 2.45) is 5.92 Å². The Kier molecular flexibility index (Phi) is 3.51. The number of nitrogens with zero attached hydrogens (tertiary/aromatic N) is 3. The van der Waals surface area contributed by atoms with Crippen LogP contribution in [0.4, 0.5) is 5.95 Å². The first kappa shape index (κ1) is 13.2. The van der Waals surface area contributed by atoms with Gasteiger partial charge >= 0.3 is 0 Å². The van der Waals surface area contributed by atoms with E-state index in [9.17, 15) is 0 Å². The van der Waals surface area contributed by atoms with Gasteiger partial charge < -0.3 is 10.5 Å². The van der Waals surface area contributed by atoms with Crippen molar-refractivity contribution in [1.82, 2.24) is 14.5 Å². The molecule has 0 amide bonds. The van der Waals surface area contributed by atoms with Crippen LogP contribution in [0, 0.1) is 5.92 Å². The molecule has 1 aliphatic rings. The Bertz CT molecular complexity index is 607. The first-order valence-corrected chi connectivity index (χ1v) is 7.37. The molecule has 3 rings (SSSR count). The number of nitrogens with two attached hydrogens (primary N) is 1. The normalized spacial score (nSPS) is 23.7. The van der Waals surface area contributed by atoms with E-state index in [1.54, 1.807) is 7.11 Å². The van der Waals surface area contributed by atoms with Gasteiger partial charge in [0, 0.05) is 12.1 Å². The van der Waals surface area contributed by atoms with Crippen LogP contribution in [0.1, 0.15) is 45.1 Å². The molecule has 0 aromatic carbocycles. The number of ether oxygens (including phenoxy) is 1. The van der Waals surface area contributed by atoms with Gasteiger partial charge in [0.25, 0.3) is 0 Å². The average molecular weight is 274 g/mol. The molecule has 108 valence electrons. The van der Waals surface area contributed by atoms with Crippen LogP contribution >= 0.6 is 0 Å². The molecule has 2 N–H and O–H groups in total. The van der Waals surface area contributed by atoms with E-state index in [0.29, 0.717) is 17.9 Å². The molecule has 0 saturated heterocycles. The minimum atomic E-state index is 0.407. The number of hydrogen-bond acceptors (Lipinski definition) is 4. The summed E-state index contributed by atoms with van der Waals surface area (Å²) in [4.78, 5) is 8.97. The fraction of sp³-hybridized carbons (Fsp3) is 0.600. The number of methoxy groups -OCH3 is 1. The van der Waals surface area contributed by atoms with E-state index in [1.165, 1.54) is 19.3 Å². The van der Waals surface area contributed by atoms with Crippen molar-refractivity contribution in [3.63, 3.8) is 0 Å². The van der Waals surface area contributed by atoms with Crippen LogP contribution in [0.5, 0.6) is 5.88 Å². The van der Waals surface area contributed by atoms with Crippen LogP contribution in [0.25, 0.3) is 11.2 Å². The maximum atomic E-state index is 6.13. The third-order valence-corrected chi connectivity index (χ3v) is 4.34. The summed E-state index contributed by atoms with van der Waals surface area (Å²) in [6.45, 7) is 2.33. The molecule has 20 heavy (non-hydrogen) atoms. The predicted octanol–water partition coefficient (Wildman–Crippen LogP) is 3.16. The van der Waals surface area contributed by atoms with Crippen molar-refractivity contribution in [2.75, 3.05) is 12.8 Å². The van der Waals surface area contributed by atoms with E-state index in [2.05, 4.69) is 21.5 Å². The van der Waals surface area contributed by atoms with Gasteiger partial charge in [-0.1, -0.05) is 19.8 Å². The predicted molar refractivity (Wildman–Crippen MR) is 79.8 cm³/mol. The van der Waals surface area contributed by atoms with Crippen molar-refractivity contribution < 1.29 is 4.74 Å². The second kappa shape index (κ2) is 5.31. The van der Waals surface area contributed by atoms with Crippen LogP contribution in [0.15, 0.2) is 12.1 Å². The first-order valence-electron chi connectivity index (χ1n) is 7.37. The lowest BCUT2D eigenvalue weighted by molar-refractivity contribution is 0.397. The highest BCUT2D eigenvalue weighted by molar-refractivity contribution is 5.75. The molecular weight excluding hydrogens is 252 g/mol. The van der Waals surface area contributed by atoms with Crippen molar-refractivity contribution >= 4 is 17.1 Å². The molecule has 0 spiro atoms. The summed E-state index contributed by atoms with van der Waals surface area (Å²) in [6, 6.07) is 4.16. The Morgan fingerprint density at radius 1 is 1.20 bits per heavy atom. The second-order valence-corrected chi connectivity index (χ2v) is 5.80. The number of aromatic nitrogens is 3. The summed E-state index contributed by atoms with van der Waals surface area (Å²) in [6.07, 6.45) is 6.09. The highest BCUT2D eigenvalue weighted by atomic mass is 16.5. The van der Waals surface area contributed by atoms with E-state index in [4.69, 9.17) is 10.5 Å². The summed E-state index contributed by atoms with van der Waals surface area (Å²) < 4.78 is 7.33. The highest BCUT2D eigenvalue weighted by Crippen LogP contribution is 2.34. The molecular formula is C15H22N4O. The first-order chi connectivity index (χ1) is 9.69. The van der Waals surface area contributed by atoms with Gasteiger partial charge in [0.1, 0.15) is 5.52 Å². The quantitative estimate of drug-likeness (QED) is 0.854. The van der Waals surface area contributed by atoms with Crippen molar-refractivity contribution in [1.29, 1.82) is 0 Å². The van der Waals surface area contributed by atoms with Crippen LogP contribution in [0.3, 0.4) is 0 Å². The molecule has 2 unspecified atom stereocenters. The number of nitrogen functional groups attached to an aromatic ring is 1. The topological polar surface area (TPSA) is 66.0 Å². The second-order valence-electron chi connectivity index (χ2n) is 5.80. The minimum Gasteiger partial charge on any atom is -0.481 e. The standard InChI is InChI=1S/C15H22N4O/c1-10-4-3-5-11(7-6-10)19-14-12(17-15(19)16)8-9-13(18-14)20-2/h8-11H,3-7H2,1-2H3,(H2,16,17). The fourth-order valence-corrected chi connectivity index (χ4v) is 3.17. The molecule has 2 aromatic rings. The van der Waals surface area contributed by atoms with E-state index >= 15 is 0 Å². The number of hydrogen-bond donors (Lipinski definition) is 1. The Morgan fingerprint density at radius 3 is 2.85 bits per heavy atom. The molecule has 0 radical (unpaired) electrons. The number of imidazole rings is 1. The van der Waals surface area contributed by atoms with Crippen LogP contribution in [-0.2, 0) is 0 Å². The minimum absolute atomic E-state index is 0.407. The molecule has 1 saturated carbocycles. The van der Waals surface area contributed by atoms with Crippen LogP contribution in [-0.4, -0.2) is 21.6 Å². The SMILES string of the molecule is COc1ccc2nc(N)n(C3CCCC(C)CC3)c2n1. The van der Waals surface area contributed by atoms with Crippen LogP contribution < -0.4 is 10.5 Å². The van der Waals surface area contributed by atoms with E-state index < -0.39 is 0 Å². The van der Waals surface area contributed by atoms with E-state index in [-0.39, 0.29) is 0 Å². The molecule has 5 nitrogen and oxygen atoms in total. The summed E-state index contributed by atoms with van der Waals surface area (Å²) >= 11 is 0. The molecule has 1 fully saturated rings. The molecule has 2 heterocycles. The zero-order valence-corrected chi connectivity index (χ0v) is 12.2. The Hall–Kier alpha value is -1.78. The summed E-state index contributed by atoms with van der Waals surface area (Å²) in [5, 5.41) is 0. The molecule has 0 bridgehead atoms. The summed E-state index contributed by atoms with van der Waals surface area (Å²) in [7, 11) is 1.63. The van der Waals surface area contributed by atoms with Crippen molar-refractivity contribution in [3.05, 3.63) is 12.1 Å². The van der Waals surface area contributed by atoms with Gasteiger partial charge in [-0.25, -0.2) is 4.98 Å². The fourth-order valence-electron chi connectivity index (χ4n) is 3.17. The lowest BCUT2D eigenvalue weighted by Gasteiger charge is -2.18. The van der Waals surface area contributed by atoms with E-state index in [1.807, 2.05) is 12.1 Å². The van der Waals surface area contributed by atoms with Crippen molar-refractivity contribution in [3.8, 4) is 5.88 Å². The lowest BCUT2D eigenvalue weighted by atomic mass is 10.0. The Balaban J connectivity index is 2.02. The van der Waals surface area contributed by atoms with E-state index in [0.717, 1.165) is 29.9 Å². The Morgan fingerprint density at radius 2 is 2.05 bits per heavy atom. The van der Waals surface area contributed by atoms with Crippen LogP contribution in [0.2, 0.25) is 0 Å². The summed E-state index contributed by atoms with van der Waals surface area (Å²) in [5.41, 5.74) is 7.83. The number of pyridine rings is 1. The van der Waals surface area contributed by atoms with Gasteiger partial charge in [-0.3, -0.25) is 4.57 Å². The van der Waals surface area contributed by atoms with Crippen molar-refractivity contribution in [2.45, 2.75) is 45.1 Å². The zero-order valence-electron chi connectivity index (χ0n) is 12.2. The maximum Gasteiger partial charge on any atom is 0.215 e. The molecule has 0 aliphatic heterocycles. The molecule has 1 aliphatic carbocycles. The van der Waals surface area contributed by atoms with Gasteiger partial charge in [-0.2, -0.15) is 4.98 Å². The Labute approximate surface area is 119 Å². The van der Waals surface area contributed by atoms with Gasteiger partial charge in [0.2, 0.25) is 11.8 Å². The summed E-state index contributed by atoms with van der Waals surface area (Å²) in [5.74, 6) is 1.99. The lowest BCUT2D eigenvalue weighted by Crippen LogP contribution is -2.12. The molecule has 2 aromatic heterocycles. The maximum absolute atomic E-state index is 6.13. The van der Waals surface area contributed by atoms with Gasteiger partial charge in [0.15, 0.2) is 5.65 Å². The zero-order chi connectivity index (χ0) is 14.1. The number of fused-ring (bicyclic) bond motifs is 1.